The highest BCUT2D eigenvalue weighted by atomic mass is 16.5. The fourth-order valence-electron chi connectivity index (χ4n) is 7.46. The van der Waals surface area contributed by atoms with Crippen LogP contribution in [-0.4, -0.2) is 50.0 Å². The van der Waals surface area contributed by atoms with Crippen molar-refractivity contribution in [3.63, 3.8) is 0 Å². The van der Waals surface area contributed by atoms with Crippen molar-refractivity contribution in [1.82, 2.24) is 4.90 Å². The van der Waals surface area contributed by atoms with Gasteiger partial charge in [-0.25, -0.2) is 0 Å². The topological polar surface area (TPSA) is 53.1 Å². The third-order valence-electron chi connectivity index (χ3n) is 10.1. The van der Waals surface area contributed by atoms with Crippen LogP contribution in [-0.2, 0) is 18.4 Å². The third kappa shape index (κ3) is 4.19. The number of benzene rings is 4. The van der Waals surface area contributed by atoms with E-state index in [1.54, 1.807) is 0 Å². The van der Waals surface area contributed by atoms with Crippen molar-refractivity contribution in [3.8, 4) is 16.9 Å². The monoisotopic (exact) mass is 569 g/mol. The molecule has 0 saturated carbocycles. The minimum absolute atomic E-state index is 0.0424. The Bertz CT molecular complexity index is 1790. The number of ether oxygens (including phenoxy) is 1. The predicted molar refractivity (Wildman–Crippen MR) is 169 cm³/mol. The van der Waals surface area contributed by atoms with E-state index in [1.807, 2.05) is 64.4 Å². The number of amides is 2. The van der Waals surface area contributed by atoms with Crippen molar-refractivity contribution in [2.75, 3.05) is 43.1 Å². The smallest absolute Gasteiger partial charge is 0.258 e. The molecule has 0 aliphatic carbocycles. The summed E-state index contributed by atoms with van der Waals surface area (Å²) >= 11 is 0. The second-order valence-corrected chi connectivity index (χ2v) is 12.7. The lowest BCUT2D eigenvalue weighted by Gasteiger charge is -2.37. The maximum absolute atomic E-state index is 13.8. The number of fused-ring (bicyclic) bond motifs is 4. The van der Waals surface area contributed by atoms with Gasteiger partial charge in [-0.15, -0.1) is 0 Å². The van der Waals surface area contributed by atoms with Crippen molar-refractivity contribution >= 4 is 23.2 Å². The van der Waals surface area contributed by atoms with Gasteiger partial charge in [0.15, 0.2) is 0 Å². The third-order valence-corrected chi connectivity index (χ3v) is 10.1. The summed E-state index contributed by atoms with van der Waals surface area (Å²) in [4.78, 5) is 33.0. The second kappa shape index (κ2) is 9.81. The Morgan fingerprint density at radius 3 is 2.42 bits per heavy atom. The number of hydrogen-bond donors (Lipinski definition) is 0. The first-order chi connectivity index (χ1) is 20.9. The average Bonchev–Trinajstić information content (AvgIpc) is 3.71. The molecule has 0 radical (unpaired) electrons. The van der Waals surface area contributed by atoms with Crippen LogP contribution in [0.1, 0.15) is 55.8 Å². The highest BCUT2D eigenvalue weighted by Crippen LogP contribution is 2.49. The minimum atomic E-state index is 0.0424. The van der Waals surface area contributed by atoms with Crippen LogP contribution in [0.15, 0.2) is 78.9 Å². The number of carbonyl (C=O) groups is 2. The number of nitrogens with zero attached hydrogens (tertiary/aromatic N) is 3. The summed E-state index contributed by atoms with van der Waals surface area (Å²) < 4.78 is 6.21. The Morgan fingerprint density at radius 1 is 0.860 bits per heavy atom. The lowest BCUT2D eigenvalue weighted by Crippen LogP contribution is -2.42. The van der Waals surface area contributed by atoms with Gasteiger partial charge in [0.2, 0.25) is 0 Å². The Balaban J connectivity index is 1.02. The number of piperidine rings is 1. The molecule has 0 aromatic heterocycles. The van der Waals surface area contributed by atoms with Gasteiger partial charge in [-0.1, -0.05) is 36.4 Å². The Morgan fingerprint density at radius 2 is 1.65 bits per heavy atom. The summed E-state index contributed by atoms with van der Waals surface area (Å²) in [7, 11) is 2.18. The molecule has 43 heavy (non-hydrogen) atoms. The SMILES string of the molecule is Cc1cc(N2Cc3ccccc3C2=O)ccc1-c1ccc(C(=O)N2CCc3cc4c(cc32)C2(CCN(C)CC2)CO4)cc1. The molecule has 1 spiro atoms. The zero-order valence-electron chi connectivity index (χ0n) is 24.7. The molecule has 8 rings (SSSR count). The molecule has 1 fully saturated rings. The molecular weight excluding hydrogens is 534 g/mol. The quantitative estimate of drug-likeness (QED) is 0.287. The van der Waals surface area contributed by atoms with Crippen LogP contribution >= 0.6 is 0 Å². The molecule has 0 unspecified atom stereocenters. The van der Waals surface area contributed by atoms with E-state index in [0.29, 0.717) is 18.7 Å². The van der Waals surface area contributed by atoms with Crippen LogP contribution in [0.25, 0.3) is 11.1 Å². The number of anilines is 2. The molecule has 4 aliphatic rings. The standard InChI is InChI=1S/C37H35N3O3/c1-24-19-29(40-22-28-5-3-4-6-31(28)36(40)42)11-12-30(24)25-7-9-26(10-8-25)35(41)39-16-13-27-20-34-32(21-33(27)39)37(23-43-34)14-17-38(2)18-15-37/h3-12,19-21H,13-18,22-23H2,1-2H3. The predicted octanol–water partition coefficient (Wildman–Crippen LogP) is 6.38. The van der Waals surface area contributed by atoms with Crippen molar-refractivity contribution in [1.29, 1.82) is 0 Å². The van der Waals surface area contributed by atoms with E-state index in [-0.39, 0.29) is 17.2 Å². The number of hydrogen-bond acceptors (Lipinski definition) is 4. The molecule has 0 atom stereocenters. The number of aryl methyl sites for hydroxylation is 1. The number of carbonyl (C=O) groups excluding carboxylic acids is 2. The maximum Gasteiger partial charge on any atom is 0.258 e. The number of likely N-dealkylation sites (tertiary alicyclic amines) is 1. The molecule has 4 aromatic carbocycles. The van der Waals surface area contributed by atoms with Gasteiger partial charge < -0.3 is 19.4 Å². The highest BCUT2D eigenvalue weighted by molar-refractivity contribution is 6.10. The van der Waals surface area contributed by atoms with Gasteiger partial charge in [0.1, 0.15) is 5.75 Å². The lowest BCUT2D eigenvalue weighted by molar-refractivity contribution is 0.0984. The Hall–Kier alpha value is -4.42. The van der Waals surface area contributed by atoms with Gasteiger partial charge in [-0.2, -0.15) is 0 Å². The molecule has 2 amide bonds. The summed E-state index contributed by atoms with van der Waals surface area (Å²) in [6, 6.07) is 26.4. The normalized spacial score (nSPS) is 18.5. The molecule has 1 saturated heterocycles. The van der Waals surface area contributed by atoms with Gasteiger partial charge in [0, 0.05) is 40.0 Å². The van der Waals surface area contributed by atoms with Crippen LogP contribution in [0.3, 0.4) is 0 Å². The zero-order chi connectivity index (χ0) is 29.3. The van der Waals surface area contributed by atoms with Crippen molar-refractivity contribution < 1.29 is 14.3 Å². The first-order valence-electron chi connectivity index (χ1n) is 15.3. The Labute approximate surface area is 252 Å². The van der Waals surface area contributed by atoms with Gasteiger partial charge in [-0.05, 0) is 117 Å². The van der Waals surface area contributed by atoms with Gasteiger partial charge in [0.25, 0.3) is 11.8 Å². The first kappa shape index (κ1) is 26.2. The van der Waals surface area contributed by atoms with Crippen LogP contribution in [0, 0.1) is 6.92 Å². The molecular formula is C37H35N3O3. The van der Waals surface area contributed by atoms with Gasteiger partial charge >= 0.3 is 0 Å². The molecule has 6 nitrogen and oxygen atoms in total. The largest absolute Gasteiger partial charge is 0.492 e. The molecule has 6 heteroatoms. The summed E-state index contributed by atoms with van der Waals surface area (Å²) in [5.41, 5.74) is 10.3. The summed E-state index contributed by atoms with van der Waals surface area (Å²) in [6.45, 7) is 6.25. The summed E-state index contributed by atoms with van der Waals surface area (Å²) in [5, 5.41) is 0. The molecule has 0 N–H and O–H groups in total. The lowest BCUT2D eigenvalue weighted by atomic mass is 9.74. The van der Waals surface area contributed by atoms with E-state index < -0.39 is 0 Å². The van der Waals surface area contributed by atoms with E-state index in [2.05, 4.69) is 43.1 Å². The molecule has 4 aromatic rings. The van der Waals surface area contributed by atoms with Crippen LogP contribution in [0.5, 0.6) is 5.75 Å². The molecule has 4 aliphatic heterocycles. The van der Waals surface area contributed by atoms with Crippen molar-refractivity contribution in [2.45, 2.75) is 38.1 Å². The van der Waals surface area contributed by atoms with E-state index in [0.717, 1.165) is 83.9 Å². The Kier molecular flexibility index (Phi) is 5.99. The van der Waals surface area contributed by atoms with E-state index >= 15 is 0 Å². The minimum Gasteiger partial charge on any atom is -0.492 e. The second-order valence-electron chi connectivity index (χ2n) is 12.7. The number of rotatable bonds is 3. The van der Waals surface area contributed by atoms with Gasteiger partial charge in [0.05, 0.1) is 13.2 Å². The zero-order valence-corrected chi connectivity index (χ0v) is 24.7. The van der Waals surface area contributed by atoms with Gasteiger partial charge in [-0.3, -0.25) is 9.59 Å². The fourth-order valence-corrected chi connectivity index (χ4v) is 7.46. The van der Waals surface area contributed by atoms with Crippen LogP contribution in [0.2, 0.25) is 0 Å². The van der Waals surface area contributed by atoms with Crippen LogP contribution in [0.4, 0.5) is 11.4 Å². The molecule has 0 bridgehead atoms. The highest BCUT2D eigenvalue weighted by Gasteiger charge is 2.44. The molecule has 216 valence electrons. The van der Waals surface area contributed by atoms with Crippen LogP contribution < -0.4 is 14.5 Å². The van der Waals surface area contributed by atoms with E-state index in [9.17, 15) is 9.59 Å². The first-order valence-corrected chi connectivity index (χ1v) is 15.3. The van der Waals surface area contributed by atoms with Crippen molar-refractivity contribution in [2.24, 2.45) is 0 Å². The maximum atomic E-state index is 13.8. The van der Waals surface area contributed by atoms with Crippen molar-refractivity contribution in [3.05, 3.63) is 112 Å². The van der Waals surface area contributed by atoms with E-state index in [4.69, 9.17) is 4.74 Å². The molecule has 4 heterocycles. The average molecular weight is 570 g/mol. The van der Waals surface area contributed by atoms with E-state index in [1.165, 1.54) is 11.1 Å². The fraction of sp³-hybridized carbons (Fsp3) is 0.297. The summed E-state index contributed by atoms with van der Waals surface area (Å²) in [5.74, 6) is 1.11. The summed E-state index contributed by atoms with van der Waals surface area (Å²) in [6.07, 6.45) is 3.03.